The maximum atomic E-state index is 11.7. The molecule has 0 saturated carbocycles. The minimum atomic E-state index is -0.926. The predicted molar refractivity (Wildman–Crippen MR) is 402 cm³/mol. The number of likely N-dealkylation sites (tertiary alicyclic amines) is 3. The molecule has 10 heterocycles. The van der Waals surface area contributed by atoms with Gasteiger partial charge in [-0.3, -0.25) is 15.0 Å². The summed E-state index contributed by atoms with van der Waals surface area (Å²) >= 11 is 6.08. The number of aromatic carboxylic acids is 1. The van der Waals surface area contributed by atoms with Crippen LogP contribution in [0.15, 0.2) is 146 Å². The molecule has 0 aliphatic carbocycles. The van der Waals surface area contributed by atoms with E-state index in [4.69, 9.17) is 40.7 Å². The van der Waals surface area contributed by atoms with Gasteiger partial charge >= 0.3 is 43.9 Å². The Morgan fingerprint density at radius 1 is 0.500 bits per heavy atom. The number of hydrogen-bond donors (Lipinski definition) is 4. The summed E-state index contributed by atoms with van der Waals surface area (Å²) < 4.78 is 21.3. The second-order valence-electron chi connectivity index (χ2n) is 26.5. The molecule has 0 amide bonds. The smallest absolute Gasteiger partial charge is 0.870 e. The Balaban J connectivity index is 0.000000192. The second-order valence-corrected chi connectivity index (χ2v) is 26.9. The Morgan fingerprint density at radius 2 is 0.833 bits per heavy atom. The van der Waals surface area contributed by atoms with E-state index in [1.807, 2.05) is 101 Å². The number of anilines is 3. The van der Waals surface area contributed by atoms with E-state index < -0.39 is 13.1 Å². The van der Waals surface area contributed by atoms with Gasteiger partial charge in [-0.2, -0.15) is 0 Å². The van der Waals surface area contributed by atoms with Crippen molar-refractivity contribution in [2.24, 2.45) is 0 Å². The normalized spacial score (nSPS) is 15.6. The van der Waals surface area contributed by atoms with Gasteiger partial charge in [0.15, 0.2) is 0 Å². The molecule has 13 rings (SSSR count). The molecule has 22 nitrogen and oxygen atoms in total. The number of ether oxygens (including phenoxy) is 2. The molecule has 25 heteroatoms. The Kier molecular flexibility index (Phi) is 31.8. The number of piperidine rings is 3. The minimum Gasteiger partial charge on any atom is -0.870 e. The topological polar surface area (TPSA) is 293 Å². The van der Waals surface area contributed by atoms with Crippen molar-refractivity contribution in [3.8, 4) is 22.5 Å². The molecule has 7 N–H and O–H groups in total. The summed E-state index contributed by atoms with van der Waals surface area (Å²) in [4.78, 5) is 68.4. The van der Waals surface area contributed by atoms with E-state index in [1.54, 1.807) is 67.1 Å². The number of fused-ring (bicyclic) bond motifs is 3. The Labute approximate surface area is 616 Å². The van der Waals surface area contributed by atoms with Crippen LogP contribution >= 0.6 is 11.6 Å². The molecule has 4 aliphatic rings. The number of methoxy groups -OCH3 is 2. The summed E-state index contributed by atoms with van der Waals surface area (Å²) in [7, 11) is 2.35. The number of carbonyl (C=O) groups excluding carboxylic acids is 2. The standard InChI is InChI=1S/C24H28N4O2.C23H26N4O2.C16H21ClN4.C14H19BO4.Li.2H2O/c1-30-24(29)19-8-6-18(7-9-19)22-16-23(20-17-25-12-10-21(20)27-22)26-11-5-15-28-13-3-2-4-14-28;28-23(29)18-7-5-17(6-8-18)21-15-22(19-16-24-11-9-20(19)26-21)25-10-4-14-27-12-2-1-3-13-27;17-16-11-15(13-12-18-7-5-14(13)20-16)19-6-4-10-21-8-2-1-3-9-21;1-13(2)14(3,4)19-15(18-13)11-8-6-10(7-9-11)12(16)17-5;;;/h6-10,12,16-17H,2-5,11,13-15H2,1H3,(H,26,27);5-9,11,15-16H,1-4,10,12-14H2,(H,25,26)(H,28,29);5,7,11-12H,1-4,6,8-10H2,(H,19,20);6-9H,1-5H3;;2*1H2/q;;;;+1;;/p-1. The van der Waals surface area contributed by atoms with Gasteiger partial charge in [0.25, 0.3) is 0 Å². The van der Waals surface area contributed by atoms with Gasteiger partial charge in [-0.15, -0.1) is 0 Å². The van der Waals surface area contributed by atoms with Crippen molar-refractivity contribution in [3.05, 3.63) is 168 Å². The maximum absolute atomic E-state index is 11.7. The van der Waals surface area contributed by atoms with E-state index in [0.29, 0.717) is 16.3 Å². The number of rotatable bonds is 21. The molecule has 4 saturated heterocycles. The van der Waals surface area contributed by atoms with Gasteiger partial charge in [0.1, 0.15) is 5.15 Å². The first-order valence-corrected chi connectivity index (χ1v) is 35.3. The first-order valence-electron chi connectivity index (χ1n) is 34.9. The first-order chi connectivity index (χ1) is 48.0. The second kappa shape index (κ2) is 40.0. The Morgan fingerprint density at radius 3 is 1.19 bits per heavy atom. The van der Waals surface area contributed by atoms with Gasteiger partial charge in [-0.1, -0.05) is 67.3 Å². The average molecular weight is 1400 g/mol. The van der Waals surface area contributed by atoms with Crippen LogP contribution in [0.4, 0.5) is 17.1 Å². The van der Waals surface area contributed by atoms with Crippen LogP contribution in [0.5, 0.6) is 0 Å². The number of nitrogens with zero attached hydrogens (tertiary/aromatic N) is 9. The number of benzene rings is 3. The van der Waals surface area contributed by atoms with E-state index in [1.165, 1.54) is 118 Å². The molecular weight excluding hydrogens is 1310 g/mol. The summed E-state index contributed by atoms with van der Waals surface area (Å²) in [5.41, 5.74) is 10.8. The molecule has 0 radical (unpaired) electrons. The van der Waals surface area contributed by atoms with Crippen LogP contribution in [0.1, 0.15) is 136 Å². The van der Waals surface area contributed by atoms with Crippen molar-refractivity contribution < 1.29 is 68.1 Å². The van der Waals surface area contributed by atoms with E-state index >= 15 is 0 Å². The zero-order valence-electron chi connectivity index (χ0n) is 60.1. The molecule has 0 bridgehead atoms. The van der Waals surface area contributed by atoms with Crippen LogP contribution in [0.2, 0.25) is 5.15 Å². The molecule has 3 aromatic carbocycles. The number of pyridine rings is 6. The van der Waals surface area contributed by atoms with Crippen LogP contribution in [-0.2, 0) is 18.8 Å². The average Bonchev–Trinajstić information content (AvgIpc) is 1.65. The van der Waals surface area contributed by atoms with Crippen molar-refractivity contribution in [3.63, 3.8) is 0 Å². The van der Waals surface area contributed by atoms with Crippen molar-refractivity contribution in [2.45, 2.75) is 116 Å². The van der Waals surface area contributed by atoms with Gasteiger partial charge in [-0.05, 0) is 223 Å². The summed E-state index contributed by atoms with van der Waals surface area (Å²) in [6.45, 7) is 21.6. The number of carboxylic acid groups (broad SMARTS) is 1. The first kappa shape index (κ1) is 81.1. The van der Waals surface area contributed by atoms with Gasteiger partial charge in [0.05, 0.1) is 70.1 Å². The molecule has 0 spiro atoms. The SMILES string of the molecule is COC(=O)c1ccc(-c2cc(NCCCN3CCCCC3)c3cnccc3n2)cc1.COC(=O)c1ccc(B2OC(C)(C)C(C)(C)O2)cc1.Clc1cc(NCCCN2CCCCC2)c2cnccc2n1.O.O=C(O)c1ccc(-c2cc(NCCCN3CCCCC3)c3cnccc3n2)cc1.[Li+].[OH-]. The molecule has 536 valence electrons. The van der Waals surface area contributed by atoms with Crippen LogP contribution in [0.3, 0.4) is 0 Å². The van der Waals surface area contributed by atoms with Crippen LogP contribution in [-0.4, -0.2) is 190 Å². The zero-order chi connectivity index (χ0) is 69.6. The third-order valence-electron chi connectivity index (χ3n) is 18.9. The summed E-state index contributed by atoms with van der Waals surface area (Å²) in [6.07, 6.45) is 26.2. The number of hydrogen-bond acceptors (Lipinski definition) is 20. The number of esters is 2. The summed E-state index contributed by atoms with van der Waals surface area (Å²) in [6, 6.07) is 33.0. The fourth-order valence-electron chi connectivity index (χ4n) is 12.6. The predicted octanol–water partition coefficient (Wildman–Crippen LogP) is 10.0. The number of carboxylic acids is 1. The van der Waals surface area contributed by atoms with Gasteiger partial charge in [0, 0.05) is 101 Å². The minimum absolute atomic E-state index is 0. The number of aromatic nitrogens is 6. The van der Waals surface area contributed by atoms with Crippen molar-refractivity contribution >= 4 is 91.9 Å². The van der Waals surface area contributed by atoms with Gasteiger partial charge in [0.2, 0.25) is 0 Å². The van der Waals surface area contributed by atoms with E-state index in [-0.39, 0.29) is 58.5 Å². The fourth-order valence-corrected chi connectivity index (χ4v) is 12.8. The van der Waals surface area contributed by atoms with Crippen molar-refractivity contribution in [1.29, 1.82) is 0 Å². The maximum Gasteiger partial charge on any atom is 1.00 e. The van der Waals surface area contributed by atoms with E-state index in [9.17, 15) is 14.4 Å². The molecular formula is C77H97BClLiN12O10. The van der Waals surface area contributed by atoms with Crippen molar-refractivity contribution in [1.82, 2.24) is 44.6 Å². The van der Waals surface area contributed by atoms with E-state index in [2.05, 4.69) is 61.4 Å². The molecule has 102 heavy (non-hydrogen) atoms. The molecule has 4 fully saturated rings. The van der Waals surface area contributed by atoms with Gasteiger partial charge < -0.3 is 65.5 Å². The van der Waals surface area contributed by atoms with Crippen LogP contribution < -0.4 is 40.3 Å². The number of nitrogens with one attached hydrogen (secondary N) is 3. The van der Waals surface area contributed by atoms with E-state index in [0.717, 1.165) is 130 Å². The quantitative estimate of drug-likeness (QED) is 0.0225. The molecule has 9 aromatic rings. The number of carbonyl (C=O) groups is 3. The monoisotopic (exact) mass is 1400 g/mol. The molecule has 4 aliphatic heterocycles. The third kappa shape index (κ3) is 22.7. The van der Waals surface area contributed by atoms with Crippen LogP contribution in [0, 0.1) is 0 Å². The zero-order valence-corrected chi connectivity index (χ0v) is 60.8. The summed E-state index contributed by atoms with van der Waals surface area (Å²) in [5.74, 6) is -1.61. The molecule has 6 aromatic heterocycles. The van der Waals surface area contributed by atoms with Gasteiger partial charge in [-0.25, -0.2) is 29.3 Å². The van der Waals surface area contributed by atoms with Crippen molar-refractivity contribution in [2.75, 3.05) is 109 Å². The molecule has 0 atom stereocenters. The largest absolute Gasteiger partial charge is 1.00 e. The third-order valence-corrected chi connectivity index (χ3v) is 19.1. The molecule has 0 unspecified atom stereocenters. The summed E-state index contributed by atoms with van der Waals surface area (Å²) in [5, 5.41) is 23.3. The Hall–Kier alpha value is -8.18. The number of halogens is 1. The Bertz CT molecular complexity index is 4090. The fraction of sp³-hybridized carbons (Fsp3) is 0.416. The van der Waals surface area contributed by atoms with Crippen LogP contribution in [0.25, 0.3) is 55.2 Å².